The maximum Gasteiger partial charge on any atom is 0.134 e. The molecule has 1 rings (SSSR count). The van der Waals surface area contributed by atoms with E-state index in [1.54, 1.807) is 14.2 Å². The Morgan fingerprint density at radius 3 is 2.60 bits per heavy atom. The molecule has 0 saturated carbocycles. The predicted molar refractivity (Wildman–Crippen MR) is 62.7 cm³/mol. The van der Waals surface area contributed by atoms with E-state index in [0.29, 0.717) is 6.61 Å². The first kappa shape index (κ1) is 12.3. The fourth-order valence-corrected chi connectivity index (χ4v) is 1.64. The molecule has 0 aliphatic carbocycles. The molecule has 0 heterocycles. The van der Waals surface area contributed by atoms with Crippen LogP contribution in [0.2, 0.25) is 0 Å². The Bertz CT molecular complexity index is 315. The number of benzene rings is 1. The van der Waals surface area contributed by atoms with Gasteiger partial charge in [-0.3, -0.25) is 0 Å². The van der Waals surface area contributed by atoms with E-state index in [1.165, 1.54) is 0 Å². The van der Waals surface area contributed by atoms with Gasteiger partial charge in [0.1, 0.15) is 17.6 Å². The highest BCUT2D eigenvalue weighted by Gasteiger charge is 2.07. The van der Waals surface area contributed by atoms with Gasteiger partial charge in [-0.25, -0.2) is 0 Å². The van der Waals surface area contributed by atoms with Crippen molar-refractivity contribution in [3.63, 3.8) is 0 Å². The summed E-state index contributed by atoms with van der Waals surface area (Å²) in [6.07, 6.45) is 0.0275. The molecule has 0 amide bonds. The molecule has 0 saturated heterocycles. The number of hydrogen-bond acceptors (Lipinski definition) is 3. The zero-order valence-corrected chi connectivity index (χ0v) is 10.7. The molecule has 0 fully saturated rings. The van der Waals surface area contributed by atoms with Gasteiger partial charge in [-0.05, 0) is 41.1 Å². The molecule has 0 radical (unpaired) electrons. The van der Waals surface area contributed by atoms with Crippen LogP contribution in [0.25, 0.3) is 0 Å². The van der Waals surface area contributed by atoms with E-state index in [9.17, 15) is 0 Å². The van der Waals surface area contributed by atoms with Crippen LogP contribution in [0.15, 0.2) is 22.7 Å². The molecule has 1 unspecified atom stereocenters. The molecule has 1 aromatic rings. The highest BCUT2D eigenvalue weighted by Crippen LogP contribution is 2.29. The van der Waals surface area contributed by atoms with E-state index in [2.05, 4.69) is 15.9 Å². The number of methoxy groups -OCH3 is 2. The molecule has 84 valence electrons. The lowest BCUT2D eigenvalue weighted by atomic mass is 10.3. The highest BCUT2D eigenvalue weighted by molar-refractivity contribution is 9.10. The van der Waals surface area contributed by atoms with Crippen molar-refractivity contribution in [1.82, 2.24) is 0 Å². The maximum absolute atomic E-state index is 5.66. The Balaban J connectivity index is 2.69. The first-order chi connectivity index (χ1) is 7.17. The molecule has 1 aromatic carbocycles. The molecule has 0 spiro atoms. The summed E-state index contributed by atoms with van der Waals surface area (Å²) in [5.74, 6) is 1.59. The SMILES string of the molecule is COCC(C)Oc1ccc(OC)cc1Br. The lowest BCUT2D eigenvalue weighted by Gasteiger charge is -2.15. The van der Waals surface area contributed by atoms with E-state index in [0.717, 1.165) is 16.0 Å². The standard InChI is InChI=1S/C11H15BrO3/c1-8(7-13-2)15-11-5-4-9(14-3)6-10(11)12/h4-6,8H,7H2,1-3H3. The van der Waals surface area contributed by atoms with Crippen LogP contribution >= 0.6 is 15.9 Å². The van der Waals surface area contributed by atoms with Gasteiger partial charge in [-0.15, -0.1) is 0 Å². The van der Waals surface area contributed by atoms with Crippen LogP contribution in [-0.2, 0) is 4.74 Å². The topological polar surface area (TPSA) is 27.7 Å². The van der Waals surface area contributed by atoms with E-state index < -0.39 is 0 Å². The van der Waals surface area contributed by atoms with Gasteiger partial charge in [0.25, 0.3) is 0 Å². The fourth-order valence-electron chi connectivity index (χ4n) is 1.19. The van der Waals surface area contributed by atoms with Crippen molar-refractivity contribution < 1.29 is 14.2 Å². The van der Waals surface area contributed by atoms with Crippen molar-refractivity contribution in [2.45, 2.75) is 13.0 Å². The highest BCUT2D eigenvalue weighted by atomic mass is 79.9. The van der Waals surface area contributed by atoms with E-state index in [1.807, 2.05) is 25.1 Å². The van der Waals surface area contributed by atoms with Crippen LogP contribution in [-0.4, -0.2) is 26.9 Å². The summed E-state index contributed by atoms with van der Waals surface area (Å²) in [6, 6.07) is 5.60. The predicted octanol–water partition coefficient (Wildman–Crippen LogP) is 2.87. The molecule has 0 aliphatic heterocycles. The second kappa shape index (κ2) is 5.98. The molecule has 0 bridgehead atoms. The van der Waals surface area contributed by atoms with Gasteiger partial charge in [0, 0.05) is 7.11 Å². The zero-order valence-electron chi connectivity index (χ0n) is 9.12. The Morgan fingerprint density at radius 1 is 1.33 bits per heavy atom. The van der Waals surface area contributed by atoms with Crippen LogP contribution in [0.1, 0.15) is 6.92 Å². The van der Waals surface area contributed by atoms with Gasteiger partial charge >= 0.3 is 0 Å². The monoisotopic (exact) mass is 274 g/mol. The average Bonchev–Trinajstić information content (AvgIpc) is 2.21. The third-order valence-electron chi connectivity index (χ3n) is 1.87. The average molecular weight is 275 g/mol. The van der Waals surface area contributed by atoms with E-state index in [4.69, 9.17) is 14.2 Å². The van der Waals surface area contributed by atoms with E-state index in [-0.39, 0.29) is 6.10 Å². The minimum atomic E-state index is 0.0275. The smallest absolute Gasteiger partial charge is 0.134 e. The lowest BCUT2D eigenvalue weighted by Crippen LogP contribution is -2.18. The van der Waals surface area contributed by atoms with Crippen molar-refractivity contribution >= 4 is 15.9 Å². The number of rotatable bonds is 5. The summed E-state index contributed by atoms with van der Waals surface area (Å²) in [5.41, 5.74) is 0. The van der Waals surface area contributed by atoms with E-state index >= 15 is 0 Å². The van der Waals surface area contributed by atoms with Crippen molar-refractivity contribution in [3.05, 3.63) is 22.7 Å². The number of hydrogen-bond donors (Lipinski definition) is 0. The second-order valence-electron chi connectivity index (χ2n) is 3.18. The van der Waals surface area contributed by atoms with Crippen molar-refractivity contribution in [2.24, 2.45) is 0 Å². The third-order valence-corrected chi connectivity index (χ3v) is 2.49. The third kappa shape index (κ3) is 3.72. The summed E-state index contributed by atoms with van der Waals surface area (Å²) in [7, 11) is 3.29. The largest absolute Gasteiger partial charge is 0.497 e. The Hall–Kier alpha value is -0.740. The zero-order chi connectivity index (χ0) is 11.3. The number of ether oxygens (including phenoxy) is 3. The van der Waals surface area contributed by atoms with Crippen molar-refractivity contribution in [3.8, 4) is 11.5 Å². The van der Waals surface area contributed by atoms with Crippen molar-refractivity contribution in [1.29, 1.82) is 0 Å². The van der Waals surface area contributed by atoms with Gasteiger partial charge in [-0.2, -0.15) is 0 Å². The Labute approximate surface area is 98.5 Å². The quantitative estimate of drug-likeness (QED) is 0.827. The second-order valence-corrected chi connectivity index (χ2v) is 4.03. The summed E-state index contributed by atoms with van der Waals surface area (Å²) in [6.45, 7) is 2.53. The molecule has 0 aromatic heterocycles. The van der Waals surface area contributed by atoms with Gasteiger partial charge in [-0.1, -0.05) is 0 Å². The fraction of sp³-hybridized carbons (Fsp3) is 0.455. The molecule has 3 nitrogen and oxygen atoms in total. The Kier molecular flexibility index (Phi) is 4.91. The summed E-state index contributed by atoms with van der Waals surface area (Å²) >= 11 is 3.42. The molecule has 0 aliphatic rings. The Morgan fingerprint density at radius 2 is 2.07 bits per heavy atom. The normalized spacial score (nSPS) is 12.3. The molecule has 1 atom stereocenters. The lowest BCUT2D eigenvalue weighted by molar-refractivity contribution is 0.0915. The molecular formula is C11H15BrO3. The van der Waals surface area contributed by atoms with Crippen LogP contribution in [0.4, 0.5) is 0 Å². The van der Waals surface area contributed by atoms with Crippen LogP contribution in [0, 0.1) is 0 Å². The minimum Gasteiger partial charge on any atom is -0.497 e. The summed E-state index contributed by atoms with van der Waals surface area (Å²) in [4.78, 5) is 0. The molecule has 0 N–H and O–H groups in total. The summed E-state index contributed by atoms with van der Waals surface area (Å²) in [5, 5.41) is 0. The van der Waals surface area contributed by atoms with Crippen LogP contribution in [0.3, 0.4) is 0 Å². The first-order valence-corrected chi connectivity index (χ1v) is 5.45. The van der Waals surface area contributed by atoms with Gasteiger partial charge in [0.05, 0.1) is 18.2 Å². The van der Waals surface area contributed by atoms with Gasteiger partial charge < -0.3 is 14.2 Å². The van der Waals surface area contributed by atoms with Gasteiger partial charge in [0.2, 0.25) is 0 Å². The van der Waals surface area contributed by atoms with Crippen molar-refractivity contribution in [2.75, 3.05) is 20.8 Å². The van der Waals surface area contributed by atoms with Gasteiger partial charge in [0.15, 0.2) is 0 Å². The van der Waals surface area contributed by atoms with Crippen LogP contribution < -0.4 is 9.47 Å². The maximum atomic E-state index is 5.66. The molecule has 15 heavy (non-hydrogen) atoms. The molecular weight excluding hydrogens is 260 g/mol. The summed E-state index contributed by atoms with van der Waals surface area (Å²) < 4.78 is 16.6. The molecule has 4 heteroatoms. The minimum absolute atomic E-state index is 0.0275. The number of halogens is 1. The first-order valence-electron chi connectivity index (χ1n) is 4.66. The van der Waals surface area contributed by atoms with Crippen LogP contribution in [0.5, 0.6) is 11.5 Å².